The van der Waals surface area contributed by atoms with Crippen LogP contribution in [0.15, 0.2) is 95.7 Å². The standard InChI is InChI=1S/C30H30O3/c1-5-24(6-2)30-22(4)9-7-10-26(30)20-32-28-12-8-11-27(17-28)31-18-23-16-29(33-19-23)25-14-13-21(3)15-25/h5-14,16-17,19H,1,15,18,20H2,2-4H3/b24-6-. The molecule has 1 heterocycles. The average molecular weight is 439 g/mol. The molecule has 0 aliphatic heterocycles. The quantitative estimate of drug-likeness (QED) is 0.317. The Kier molecular flexibility index (Phi) is 6.99. The highest BCUT2D eigenvalue weighted by molar-refractivity contribution is 5.77. The van der Waals surface area contributed by atoms with Gasteiger partial charge in [0.05, 0.1) is 6.26 Å². The molecule has 168 valence electrons. The van der Waals surface area contributed by atoms with E-state index in [1.807, 2.05) is 37.3 Å². The molecule has 1 aliphatic rings. The third-order valence-corrected chi connectivity index (χ3v) is 5.79. The van der Waals surface area contributed by atoms with Crippen LogP contribution in [-0.2, 0) is 13.2 Å². The number of allylic oxidation sites excluding steroid dienone is 7. The van der Waals surface area contributed by atoms with Crippen LogP contribution < -0.4 is 9.47 Å². The summed E-state index contributed by atoms with van der Waals surface area (Å²) in [6.07, 6.45) is 10.9. The second kappa shape index (κ2) is 10.3. The van der Waals surface area contributed by atoms with E-state index in [0.717, 1.165) is 40.4 Å². The smallest absolute Gasteiger partial charge is 0.130 e. The number of aryl methyl sites for hydroxylation is 1. The Labute approximate surface area is 196 Å². The first-order chi connectivity index (χ1) is 16.1. The third kappa shape index (κ3) is 5.38. The highest BCUT2D eigenvalue weighted by atomic mass is 16.5. The van der Waals surface area contributed by atoms with E-state index in [2.05, 4.69) is 62.9 Å². The Balaban J connectivity index is 1.39. The number of rotatable bonds is 9. The summed E-state index contributed by atoms with van der Waals surface area (Å²) in [5.74, 6) is 2.44. The summed E-state index contributed by atoms with van der Waals surface area (Å²) in [5, 5.41) is 0. The van der Waals surface area contributed by atoms with Crippen molar-refractivity contribution >= 4 is 11.1 Å². The van der Waals surface area contributed by atoms with Crippen LogP contribution in [0, 0.1) is 6.92 Å². The number of hydrogen-bond acceptors (Lipinski definition) is 3. The number of furan rings is 1. The average Bonchev–Trinajstić information content (AvgIpc) is 3.47. The molecule has 0 atom stereocenters. The van der Waals surface area contributed by atoms with E-state index >= 15 is 0 Å². The molecule has 3 aromatic rings. The number of hydrogen-bond donors (Lipinski definition) is 0. The van der Waals surface area contributed by atoms with Crippen molar-refractivity contribution in [3.8, 4) is 11.5 Å². The minimum absolute atomic E-state index is 0.443. The normalized spacial score (nSPS) is 13.5. The van der Waals surface area contributed by atoms with Gasteiger partial charge in [0.15, 0.2) is 0 Å². The number of benzene rings is 2. The van der Waals surface area contributed by atoms with Crippen LogP contribution >= 0.6 is 0 Å². The topological polar surface area (TPSA) is 31.6 Å². The third-order valence-electron chi connectivity index (χ3n) is 5.79. The van der Waals surface area contributed by atoms with Crippen molar-refractivity contribution in [1.29, 1.82) is 0 Å². The van der Waals surface area contributed by atoms with Gasteiger partial charge in [-0.3, -0.25) is 0 Å². The molecule has 3 heteroatoms. The monoisotopic (exact) mass is 438 g/mol. The van der Waals surface area contributed by atoms with Crippen LogP contribution in [0.4, 0.5) is 0 Å². The van der Waals surface area contributed by atoms with Gasteiger partial charge in [-0.25, -0.2) is 0 Å². The largest absolute Gasteiger partial charge is 0.489 e. The Hall–Kier alpha value is -3.72. The lowest BCUT2D eigenvalue weighted by atomic mass is 9.95. The zero-order chi connectivity index (χ0) is 23.2. The van der Waals surface area contributed by atoms with Crippen LogP contribution in [0.1, 0.15) is 48.3 Å². The molecule has 3 nitrogen and oxygen atoms in total. The summed E-state index contributed by atoms with van der Waals surface area (Å²) in [6.45, 7) is 11.1. The summed E-state index contributed by atoms with van der Waals surface area (Å²) in [6, 6.07) is 16.1. The predicted molar refractivity (Wildman–Crippen MR) is 135 cm³/mol. The second-order valence-corrected chi connectivity index (χ2v) is 8.31. The highest BCUT2D eigenvalue weighted by Gasteiger charge is 2.12. The van der Waals surface area contributed by atoms with Gasteiger partial charge in [-0.05, 0) is 73.2 Å². The van der Waals surface area contributed by atoms with Gasteiger partial charge in [0.1, 0.15) is 30.5 Å². The van der Waals surface area contributed by atoms with E-state index in [9.17, 15) is 0 Å². The molecule has 0 radical (unpaired) electrons. The van der Waals surface area contributed by atoms with Gasteiger partial charge >= 0.3 is 0 Å². The maximum Gasteiger partial charge on any atom is 0.130 e. The first kappa shape index (κ1) is 22.5. The van der Waals surface area contributed by atoms with Crippen LogP contribution in [0.3, 0.4) is 0 Å². The summed E-state index contributed by atoms with van der Waals surface area (Å²) in [4.78, 5) is 0. The van der Waals surface area contributed by atoms with Crippen LogP contribution in [0.2, 0.25) is 0 Å². The zero-order valence-electron chi connectivity index (χ0n) is 19.6. The Bertz CT molecular complexity index is 1240. The molecule has 1 aromatic heterocycles. The first-order valence-electron chi connectivity index (χ1n) is 11.2. The van der Waals surface area contributed by atoms with E-state index in [4.69, 9.17) is 13.9 Å². The zero-order valence-corrected chi connectivity index (χ0v) is 19.6. The lowest BCUT2D eigenvalue weighted by molar-refractivity contribution is 0.289. The van der Waals surface area contributed by atoms with Crippen LogP contribution in [-0.4, -0.2) is 0 Å². The van der Waals surface area contributed by atoms with E-state index in [1.54, 1.807) is 6.26 Å². The summed E-state index contributed by atoms with van der Waals surface area (Å²) in [5.41, 5.74) is 8.20. The number of ether oxygens (including phenoxy) is 2. The second-order valence-electron chi connectivity index (χ2n) is 8.31. The molecular formula is C30H30O3. The molecule has 0 saturated heterocycles. The SMILES string of the molecule is C=C/C(=C/C)c1c(C)cccc1COc1cccc(OCc2coc(C3=CC=C(C)C3)c2)c1. The lowest BCUT2D eigenvalue weighted by Crippen LogP contribution is -2.02. The van der Waals surface area contributed by atoms with Gasteiger partial charge in [-0.2, -0.15) is 0 Å². The molecular weight excluding hydrogens is 408 g/mol. The minimum Gasteiger partial charge on any atom is -0.489 e. The van der Waals surface area contributed by atoms with Crippen LogP contribution in [0.25, 0.3) is 11.1 Å². The van der Waals surface area contributed by atoms with E-state index < -0.39 is 0 Å². The van der Waals surface area contributed by atoms with Crippen LogP contribution in [0.5, 0.6) is 11.5 Å². The van der Waals surface area contributed by atoms with Crippen molar-refractivity contribution in [2.75, 3.05) is 0 Å². The first-order valence-corrected chi connectivity index (χ1v) is 11.2. The Morgan fingerprint density at radius 2 is 1.76 bits per heavy atom. The molecule has 0 spiro atoms. The molecule has 4 rings (SSSR count). The highest BCUT2D eigenvalue weighted by Crippen LogP contribution is 2.30. The van der Waals surface area contributed by atoms with Crippen molar-refractivity contribution in [1.82, 2.24) is 0 Å². The van der Waals surface area contributed by atoms with Crippen molar-refractivity contribution in [2.45, 2.75) is 40.4 Å². The fourth-order valence-electron chi connectivity index (χ4n) is 4.06. The van der Waals surface area contributed by atoms with Gasteiger partial charge < -0.3 is 13.9 Å². The maximum absolute atomic E-state index is 6.13. The fourth-order valence-corrected chi connectivity index (χ4v) is 4.06. The molecule has 0 amide bonds. The molecule has 2 aromatic carbocycles. The van der Waals surface area contributed by atoms with Gasteiger partial charge in [-0.1, -0.05) is 60.7 Å². The summed E-state index contributed by atoms with van der Waals surface area (Å²) >= 11 is 0. The maximum atomic E-state index is 6.13. The minimum atomic E-state index is 0.443. The van der Waals surface area contributed by atoms with Crippen molar-refractivity contribution < 1.29 is 13.9 Å². The molecule has 0 bridgehead atoms. The van der Waals surface area contributed by atoms with Crippen molar-refractivity contribution in [3.63, 3.8) is 0 Å². The molecule has 0 saturated carbocycles. The predicted octanol–water partition coefficient (Wildman–Crippen LogP) is 8.07. The molecule has 0 N–H and O–H groups in total. The van der Waals surface area contributed by atoms with Gasteiger partial charge in [0.2, 0.25) is 0 Å². The van der Waals surface area contributed by atoms with Gasteiger partial charge in [0, 0.05) is 11.6 Å². The Morgan fingerprint density at radius 3 is 2.45 bits per heavy atom. The fraction of sp³-hybridized carbons (Fsp3) is 0.200. The van der Waals surface area contributed by atoms with E-state index in [0.29, 0.717) is 13.2 Å². The van der Waals surface area contributed by atoms with Gasteiger partial charge in [0.25, 0.3) is 0 Å². The summed E-state index contributed by atoms with van der Waals surface area (Å²) in [7, 11) is 0. The van der Waals surface area contributed by atoms with Crippen molar-refractivity contribution in [2.24, 2.45) is 0 Å². The molecule has 1 aliphatic carbocycles. The van der Waals surface area contributed by atoms with E-state index in [-0.39, 0.29) is 0 Å². The van der Waals surface area contributed by atoms with Gasteiger partial charge in [-0.15, -0.1) is 0 Å². The van der Waals surface area contributed by atoms with E-state index in [1.165, 1.54) is 22.3 Å². The van der Waals surface area contributed by atoms with Crippen molar-refractivity contribution in [3.05, 3.63) is 119 Å². The molecule has 0 unspecified atom stereocenters. The Morgan fingerprint density at radius 1 is 1.00 bits per heavy atom. The molecule has 33 heavy (non-hydrogen) atoms. The summed E-state index contributed by atoms with van der Waals surface area (Å²) < 4.78 is 17.9. The molecule has 0 fully saturated rings. The lowest BCUT2D eigenvalue weighted by Gasteiger charge is -2.15.